The number of ether oxygens (including phenoxy) is 1. The Morgan fingerprint density at radius 3 is 2.76 bits per heavy atom. The van der Waals surface area contributed by atoms with E-state index in [0.29, 0.717) is 42.8 Å². The topological polar surface area (TPSA) is 71.4 Å². The summed E-state index contributed by atoms with van der Waals surface area (Å²) in [6, 6.07) is 12.3. The number of oxime groups is 1. The van der Waals surface area contributed by atoms with Crippen molar-refractivity contribution in [1.82, 2.24) is 4.90 Å². The highest BCUT2D eigenvalue weighted by Gasteiger charge is 2.53. The number of rotatable bonds is 2. The number of amidine groups is 1. The standard InChI is InChI=1S/C25H24FN3O4S/c1-16(30)28-9-8-19-10-17(2-7-21(19)28)11-23-24-27-32-12-22(18-3-5-20(26)6-4-18)29(24)13-25(33-23)14-34(31)15-25/h2-7,10-11,22H,8-9,12-15H2,1H3. The van der Waals surface area contributed by atoms with E-state index >= 15 is 0 Å². The highest BCUT2D eigenvalue weighted by Crippen LogP contribution is 2.40. The third kappa shape index (κ3) is 3.58. The van der Waals surface area contributed by atoms with Crippen LogP contribution >= 0.6 is 0 Å². The van der Waals surface area contributed by atoms with Crippen LogP contribution in [0.15, 0.2) is 53.4 Å². The molecule has 2 saturated heterocycles. The van der Waals surface area contributed by atoms with Gasteiger partial charge in [-0.25, -0.2) is 4.39 Å². The first-order valence-corrected chi connectivity index (χ1v) is 12.8. The lowest BCUT2D eigenvalue weighted by atomic mass is 9.98. The van der Waals surface area contributed by atoms with Crippen molar-refractivity contribution >= 4 is 34.3 Å². The Hall–Kier alpha value is -3.20. The lowest BCUT2D eigenvalue weighted by molar-refractivity contribution is -0.116. The zero-order chi connectivity index (χ0) is 23.4. The number of amides is 1. The smallest absolute Gasteiger partial charge is 0.223 e. The fourth-order valence-corrected chi connectivity index (χ4v) is 6.58. The van der Waals surface area contributed by atoms with Crippen molar-refractivity contribution in [3.8, 4) is 0 Å². The van der Waals surface area contributed by atoms with Crippen molar-refractivity contribution in [1.29, 1.82) is 0 Å². The molecular weight excluding hydrogens is 457 g/mol. The maximum absolute atomic E-state index is 13.5. The first-order chi connectivity index (χ1) is 16.4. The van der Waals surface area contributed by atoms with Gasteiger partial charge in [-0.05, 0) is 53.5 Å². The van der Waals surface area contributed by atoms with Gasteiger partial charge >= 0.3 is 0 Å². The van der Waals surface area contributed by atoms with Gasteiger partial charge in [0.05, 0.1) is 24.1 Å². The average Bonchev–Trinajstić information content (AvgIpc) is 3.22. The molecule has 7 nitrogen and oxygen atoms in total. The maximum atomic E-state index is 13.5. The molecule has 0 bridgehead atoms. The SMILES string of the molecule is CC(=O)N1CCc2cc(C=C3OC4(CN5C3=NOCC5c3ccc(F)cc3)CS(=O)C4)ccc21. The van der Waals surface area contributed by atoms with Gasteiger partial charge in [0, 0.05) is 30.0 Å². The molecule has 4 heterocycles. The van der Waals surface area contributed by atoms with Gasteiger partial charge < -0.3 is 19.4 Å². The Morgan fingerprint density at radius 1 is 1.24 bits per heavy atom. The van der Waals surface area contributed by atoms with E-state index in [9.17, 15) is 13.4 Å². The fraction of sp³-hybridized carbons (Fsp3) is 0.360. The second-order valence-corrected chi connectivity index (χ2v) is 10.7. The molecule has 2 aromatic carbocycles. The van der Waals surface area contributed by atoms with Crippen LogP contribution in [0, 0.1) is 5.82 Å². The Labute approximate surface area is 199 Å². The summed E-state index contributed by atoms with van der Waals surface area (Å²) < 4.78 is 32.0. The lowest BCUT2D eigenvalue weighted by Gasteiger charge is -2.51. The van der Waals surface area contributed by atoms with Gasteiger partial charge in [0.1, 0.15) is 18.0 Å². The molecule has 0 aliphatic carbocycles. The number of benzene rings is 2. The van der Waals surface area contributed by atoms with Gasteiger partial charge in [-0.3, -0.25) is 9.00 Å². The molecule has 6 rings (SSSR count). The summed E-state index contributed by atoms with van der Waals surface area (Å²) >= 11 is 0. The van der Waals surface area contributed by atoms with Crippen LogP contribution in [0.5, 0.6) is 0 Å². The molecule has 176 valence electrons. The molecule has 0 N–H and O–H groups in total. The Bertz CT molecular complexity index is 1250. The van der Waals surface area contributed by atoms with Gasteiger partial charge in [0.15, 0.2) is 5.76 Å². The highest BCUT2D eigenvalue weighted by molar-refractivity contribution is 7.86. The normalized spacial score (nSPS) is 28.5. The molecule has 2 aromatic rings. The summed E-state index contributed by atoms with van der Waals surface area (Å²) in [5.74, 6) is 1.82. The monoisotopic (exact) mass is 481 g/mol. The number of anilines is 1. The number of morpholine rings is 1. The Balaban J connectivity index is 1.37. The molecule has 34 heavy (non-hydrogen) atoms. The number of fused-ring (bicyclic) bond motifs is 2. The van der Waals surface area contributed by atoms with E-state index in [4.69, 9.17) is 9.57 Å². The van der Waals surface area contributed by atoms with Crippen molar-refractivity contribution in [3.63, 3.8) is 0 Å². The van der Waals surface area contributed by atoms with E-state index < -0.39 is 16.4 Å². The van der Waals surface area contributed by atoms with E-state index in [-0.39, 0.29) is 17.8 Å². The van der Waals surface area contributed by atoms with Gasteiger partial charge in [-0.1, -0.05) is 23.4 Å². The van der Waals surface area contributed by atoms with E-state index in [1.807, 2.05) is 18.2 Å². The molecule has 9 heteroatoms. The van der Waals surface area contributed by atoms with Gasteiger partial charge in [-0.2, -0.15) is 0 Å². The van der Waals surface area contributed by atoms with E-state index in [1.165, 1.54) is 12.1 Å². The second kappa shape index (κ2) is 7.94. The molecule has 0 saturated carbocycles. The predicted molar refractivity (Wildman–Crippen MR) is 127 cm³/mol. The minimum Gasteiger partial charge on any atom is -0.479 e. The molecule has 2 fully saturated rings. The van der Waals surface area contributed by atoms with E-state index in [2.05, 4.69) is 16.1 Å². The zero-order valence-corrected chi connectivity index (χ0v) is 19.5. The van der Waals surface area contributed by atoms with Gasteiger partial charge in [-0.15, -0.1) is 0 Å². The first kappa shape index (κ1) is 21.3. The van der Waals surface area contributed by atoms with Crippen molar-refractivity contribution in [2.45, 2.75) is 25.0 Å². The van der Waals surface area contributed by atoms with Crippen LogP contribution < -0.4 is 4.90 Å². The van der Waals surface area contributed by atoms with Crippen LogP contribution in [0.3, 0.4) is 0 Å². The molecule has 1 amide bonds. The molecule has 1 atom stereocenters. The van der Waals surface area contributed by atoms with Crippen molar-refractivity contribution in [2.75, 3.05) is 36.1 Å². The van der Waals surface area contributed by atoms with Gasteiger partial charge in [0.25, 0.3) is 0 Å². The predicted octanol–water partition coefficient (Wildman–Crippen LogP) is 2.99. The van der Waals surface area contributed by atoms with Crippen LogP contribution in [0.4, 0.5) is 10.1 Å². The van der Waals surface area contributed by atoms with Crippen molar-refractivity contribution in [3.05, 3.63) is 70.7 Å². The lowest BCUT2D eigenvalue weighted by Crippen LogP contribution is -2.65. The summed E-state index contributed by atoms with van der Waals surface area (Å²) in [6.07, 6.45) is 2.74. The molecular formula is C25H24FN3O4S. The highest BCUT2D eigenvalue weighted by atomic mass is 32.2. The number of hydrogen-bond donors (Lipinski definition) is 0. The quantitative estimate of drug-likeness (QED) is 0.660. The minimum atomic E-state index is -0.907. The molecule has 1 unspecified atom stereocenters. The summed E-state index contributed by atoms with van der Waals surface area (Å²) in [5.41, 5.74) is 3.37. The molecule has 0 radical (unpaired) electrons. The maximum Gasteiger partial charge on any atom is 0.223 e. The van der Waals surface area contributed by atoms with Crippen LogP contribution in [0.25, 0.3) is 6.08 Å². The fourth-order valence-electron chi connectivity index (χ4n) is 5.19. The van der Waals surface area contributed by atoms with Gasteiger partial charge in [0.2, 0.25) is 11.7 Å². The van der Waals surface area contributed by atoms with Crippen LogP contribution in [-0.2, 0) is 31.6 Å². The van der Waals surface area contributed by atoms with E-state index in [1.54, 1.807) is 24.0 Å². The van der Waals surface area contributed by atoms with Crippen LogP contribution in [0.1, 0.15) is 29.7 Å². The minimum absolute atomic E-state index is 0.0385. The Kier molecular flexibility index (Phi) is 4.98. The van der Waals surface area contributed by atoms with Crippen LogP contribution in [-0.4, -0.2) is 57.7 Å². The zero-order valence-electron chi connectivity index (χ0n) is 18.7. The molecule has 1 spiro atoms. The largest absolute Gasteiger partial charge is 0.479 e. The van der Waals surface area contributed by atoms with E-state index in [0.717, 1.165) is 28.8 Å². The third-order valence-electron chi connectivity index (χ3n) is 6.82. The van der Waals surface area contributed by atoms with Crippen molar-refractivity contribution < 1.29 is 23.0 Å². The summed E-state index contributed by atoms with van der Waals surface area (Å²) in [6.45, 7) is 3.14. The summed E-state index contributed by atoms with van der Waals surface area (Å²) in [5, 5.41) is 4.32. The first-order valence-electron chi connectivity index (χ1n) is 11.3. The molecule has 0 aromatic heterocycles. The molecule has 4 aliphatic rings. The average molecular weight is 482 g/mol. The Morgan fingerprint density at radius 2 is 2.03 bits per heavy atom. The summed E-state index contributed by atoms with van der Waals surface area (Å²) in [4.78, 5) is 21.4. The number of nitrogens with zero attached hydrogens (tertiary/aromatic N) is 3. The third-order valence-corrected chi connectivity index (χ3v) is 8.51. The number of carbonyl (C=O) groups excluding carboxylic acids is 1. The van der Waals surface area contributed by atoms with Crippen molar-refractivity contribution in [2.24, 2.45) is 5.16 Å². The molecule has 4 aliphatic heterocycles. The van der Waals surface area contributed by atoms with Crippen LogP contribution in [0.2, 0.25) is 0 Å². The second-order valence-electron chi connectivity index (χ2n) is 9.24. The number of hydrogen-bond acceptors (Lipinski definition) is 6. The number of carbonyl (C=O) groups is 1. The summed E-state index contributed by atoms with van der Waals surface area (Å²) in [7, 11) is -0.907. The number of halogens is 1.